The first-order valence-electron chi connectivity index (χ1n) is 11.5. The molecule has 2 aromatic rings. The zero-order chi connectivity index (χ0) is 28.1. The Hall–Kier alpha value is -2.79. The number of aryl methyl sites for hydroxylation is 1. The third-order valence-electron chi connectivity index (χ3n) is 5.99. The fourth-order valence-corrected chi connectivity index (χ4v) is 4.58. The first-order chi connectivity index (χ1) is 17.1. The average molecular weight is 562 g/mol. The average Bonchev–Trinajstić information content (AvgIpc) is 2.80. The zero-order valence-corrected chi connectivity index (χ0v) is 22.8. The molecule has 0 bridgehead atoms. The monoisotopic (exact) mass is 561 g/mol. The number of nitrogens with zero attached hydrogens (tertiary/aromatic N) is 2. The van der Waals surface area contributed by atoms with Gasteiger partial charge in [-0.2, -0.15) is 13.2 Å². The van der Waals surface area contributed by atoms with Crippen LogP contribution in [0, 0.1) is 6.92 Å². The van der Waals surface area contributed by atoms with Crippen LogP contribution in [0.25, 0.3) is 0 Å². The van der Waals surface area contributed by atoms with Gasteiger partial charge in [0.15, 0.2) is 0 Å². The highest BCUT2D eigenvalue weighted by Gasteiger charge is 2.35. The number of alkyl halides is 3. The molecule has 204 valence electrons. The van der Waals surface area contributed by atoms with Crippen molar-refractivity contribution < 1.29 is 31.2 Å². The molecule has 2 aromatic carbocycles. The number of rotatable bonds is 10. The second-order valence-electron chi connectivity index (χ2n) is 8.87. The van der Waals surface area contributed by atoms with E-state index in [-0.39, 0.29) is 18.3 Å². The van der Waals surface area contributed by atoms with Gasteiger partial charge in [0, 0.05) is 12.6 Å². The van der Waals surface area contributed by atoms with Crippen LogP contribution in [-0.2, 0) is 32.3 Å². The second-order valence-corrected chi connectivity index (χ2v) is 11.2. The Labute approximate surface area is 220 Å². The Kier molecular flexibility index (Phi) is 10.0. The topological polar surface area (TPSA) is 86.8 Å². The van der Waals surface area contributed by atoms with Crippen LogP contribution < -0.4 is 9.62 Å². The third-order valence-corrected chi connectivity index (χ3v) is 7.46. The molecule has 0 fully saturated rings. The molecule has 0 radical (unpaired) electrons. The number of amides is 2. The molecule has 0 aliphatic carbocycles. The molecule has 12 heteroatoms. The summed E-state index contributed by atoms with van der Waals surface area (Å²) in [7, 11) is -4.20. The van der Waals surface area contributed by atoms with Crippen molar-refractivity contribution >= 4 is 39.1 Å². The van der Waals surface area contributed by atoms with Gasteiger partial charge in [-0.05, 0) is 56.5 Å². The number of benzene rings is 2. The summed E-state index contributed by atoms with van der Waals surface area (Å²) in [5.74, 6) is -1.20. The number of halogens is 4. The van der Waals surface area contributed by atoms with Gasteiger partial charge in [0.2, 0.25) is 21.8 Å². The fraction of sp³-hybridized carbons (Fsp3) is 0.440. The molecule has 0 saturated carbocycles. The first kappa shape index (κ1) is 30.4. The van der Waals surface area contributed by atoms with Gasteiger partial charge in [0.25, 0.3) is 0 Å². The summed E-state index contributed by atoms with van der Waals surface area (Å²) in [6.45, 7) is 6.22. The largest absolute Gasteiger partial charge is 0.417 e. The molecule has 37 heavy (non-hydrogen) atoms. The minimum atomic E-state index is -4.83. The highest BCUT2D eigenvalue weighted by atomic mass is 35.5. The summed E-state index contributed by atoms with van der Waals surface area (Å²) < 4.78 is 66.0. The van der Waals surface area contributed by atoms with E-state index < -0.39 is 51.2 Å². The smallest absolute Gasteiger partial charge is 0.352 e. The molecule has 0 aliphatic rings. The van der Waals surface area contributed by atoms with Gasteiger partial charge in [0.05, 0.1) is 22.5 Å². The predicted molar refractivity (Wildman–Crippen MR) is 138 cm³/mol. The number of anilines is 1. The van der Waals surface area contributed by atoms with E-state index in [4.69, 9.17) is 11.6 Å². The van der Waals surface area contributed by atoms with Crippen molar-refractivity contribution in [2.45, 2.75) is 58.9 Å². The quantitative estimate of drug-likeness (QED) is 0.453. The lowest BCUT2D eigenvalue weighted by molar-refractivity contribution is -0.139. The van der Waals surface area contributed by atoms with E-state index in [0.29, 0.717) is 16.8 Å². The molecule has 2 rings (SSSR count). The lowest BCUT2D eigenvalue weighted by Crippen LogP contribution is -2.52. The second kappa shape index (κ2) is 12.2. The summed E-state index contributed by atoms with van der Waals surface area (Å²) in [4.78, 5) is 27.7. The number of nitrogens with one attached hydrogen (secondary N) is 1. The molecule has 2 atom stereocenters. The van der Waals surface area contributed by atoms with Crippen molar-refractivity contribution in [2.24, 2.45) is 0 Å². The van der Waals surface area contributed by atoms with Gasteiger partial charge >= 0.3 is 6.18 Å². The number of carbonyl (C=O) groups excluding carboxylic acids is 2. The molecule has 0 heterocycles. The van der Waals surface area contributed by atoms with Crippen LogP contribution in [0.4, 0.5) is 18.9 Å². The van der Waals surface area contributed by atoms with Gasteiger partial charge in [-0.15, -0.1) is 0 Å². The standard InChI is InChI=1S/C25H31ClF3N3O4S/c1-6-17(3)30-24(34)18(4)31(14-19-10-8-7-9-16(19)2)23(33)15-32(37(5,35)36)20-11-12-22(26)21(13-20)25(27,28)29/h7-13,17-18H,6,14-15H2,1-5H3,(H,30,34)/t17-,18-/m1/s1. The van der Waals surface area contributed by atoms with E-state index >= 15 is 0 Å². The maximum Gasteiger partial charge on any atom is 0.417 e. The summed E-state index contributed by atoms with van der Waals surface area (Å²) in [6.07, 6.45) is -3.39. The highest BCUT2D eigenvalue weighted by Crippen LogP contribution is 2.37. The molecule has 2 amide bonds. The maximum absolute atomic E-state index is 13.5. The summed E-state index contributed by atoms with van der Waals surface area (Å²) in [5, 5.41) is 2.20. The van der Waals surface area contributed by atoms with Crippen LogP contribution in [0.5, 0.6) is 0 Å². The molecule has 7 nitrogen and oxygen atoms in total. The van der Waals surface area contributed by atoms with E-state index in [0.717, 1.165) is 29.5 Å². The molecule has 0 aliphatic heterocycles. The van der Waals surface area contributed by atoms with E-state index in [1.54, 1.807) is 12.1 Å². The van der Waals surface area contributed by atoms with E-state index in [1.807, 2.05) is 32.9 Å². The van der Waals surface area contributed by atoms with E-state index in [1.165, 1.54) is 11.8 Å². The Balaban J connectivity index is 2.49. The number of hydrogen-bond donors (Lipinski definition) is 1. The van der Waals surface area contributed by atoms with Gasteiger partial charge in [-0.1, -0.05) is 42.8 Å². The van der Waals surface area contributed by atoms with Crippen molar-refractivity contribution in [3.05, 3.63) is 64.2 Å². The Morgan fingerprint density at radius 2 is 1.73 bits per heavy atom. The Morgan fingerprint density at radius 3 is 2.27 bits per heavy atom. The third kappa shape index (κ3) is 8.10. The number of hydrogen-bond acceptors (Lipinski definition) is 4. The summed E-state index contributed by atoms with van der Waals surface area (Å²) in [6, 6.07) is 8.65. The first-order valence-corrected chi connectivity index (χ1v) is 13.8. The fourth-order valence-electron chi connectivity index (χ4n) is 3.52. The minimum absolute atomic E-state index is 0.00732. The molecule has 0 aromatic heterocycles. The lowest BCUT2D eigenvalue weighted by atomic mass is 10.1. The van der Waals surface area contributed by atoms with Gasteiger partial charge in [-0.25, -0.2) is 8.42 Å². The Bertz CT molecular complexity index is 1240. The van der Waals surface area contributed by atoms with Crippen LogP contribution in [0.1, 0.15) is 43.9 Å². The van der Waals surface area contributed by atoms with Gasteiger partial charge in [0.1, 0.15) is 12.6 Å². The highest BCUT2D eigenvalue weighted by molar-refractivity contribution is 7.92. The van der Waals surface area contributed by atoms with Crippen molar-refractivity contribution in [1.82, 2.24) is 10.2 Å². The van der Waals surface area contributed by atoms with Crippen molar-refractivity contribution in [3.8, 4) is 0 Å². The normalized spacial score (nSPS) is 13.5. The van der Waals surface area contributed by atoms with Crippen LogP contribution in [-0.4, -0.2) is 50.0 Å². The molecular formula is C25H31ClF3N3O4S. The molecule has 1 N–H and O–H groups in total. The van der Waals surface area contributed by atoms with Gasteiger partial charge in [-0.3, -0.25) is 13.9 Å². The number of carbonyl (C=O) groups is 2. The van der Waals surface area contributed by atoms with E-state index in [9.17, 15) is 31.2 Å². The predicted octanol–water partition coefficient (Wildman–Crippen LogP) is 4.77. The van der Waals surface area contributed by atoms with Crippen molar-refractivity contribution in [3.63, 3.8) is 0 Å². The van der Waals surface area contributed by atoms with Crippen LogP contribution in [0.15, 0.2) is 42.5 Å². The van der Waals surface area contributed by atoms with Gasteiger partial charge < -0.3 is 10.2 Å². The van der Waals surface area contributed by atoms with Crippen LogP contribution >= 0.6 is 11.6 Å². The zero-order valence-electron chi connectivity index (χ0n) is 21.3. The Morgan fingerprint density at radius 1 is 1.11 bits per heavy atom. The van der Waals surface area contributed by atoms with Crippen molar-refractivity contribution in [1.29, 1.82) is 0 Å². The van der Waals surface area contributed by atoms with Crippen molar-refractivity contribution in [2.75, 3.05) is 17.1 Å². The lowest BCUT2D eigenvalue weighted by Gasteiger charge is -2.32. The SMILES string of the molecule is CC[C@@H](C)NC(=O)[C@@H](C)N(Cc1ccccc1C)C(=O)CN(c1ccc(Cl)c(C(F)(F)F)c1)S(C)(=O)=O. The van der Waals surface area contributed by atoms with Crippen LogP contribution in [0.3, 0.4) is 0 Å². The number of sulfonamides is 1. The molecule has 0 unspecified atom stereocenters. The molecular weight excluding hydrogens is 531 g/mol. The molecule has 0 saturated heterocycles. The van der Waals surface area contributed by atoms with E-state index in [2.05, 4.69) is 5.32 Å². The summed E-state index contributed by atoms with van der Waals surface area (Å²) in [5.41, 5.74) is -0.0240. The maximum atomic E-state index is 13.5. The summed E-state index contributed by atoms with van der Waals surface area (Å²) >= 11 is 5.68. The van der Waals surface area contributed by atoms with Crippen LogP contribution in [0.2, 0.25) is 5.02 Å². The minimum Gasteiger partial charge on any atom is -0.352 e. The molecule has 0 spiro atoms.